The molecule has 1 unspecified atom stereocenters. The maximum Gasteiger partial charge on any atom is 0.164 e. The van der Waals surface area contributed by atoms with E-state index in [1.54, 1.807) is 24.3 Å². The molecule has 7 N–H and O–H groups in total. The standard InChI is InChI=1S/C62H65N3O7/c63-59-31-43-15-13-38(11-12-39-14-21-56(67)45(25-39)26-40-6-3-8-50(66)27-40)5-4-9-51-32-58(69)44-17-20-52-42(28-44)18-22-57(68)60(52)72-35-47-30-49(29-46-33-65(34-53(46)47)61(64-59)54(43)37-71-51)62-23-24-70-36-48(62)19-16-41-7-1-2-10-55(41)62/h1-3,6-8,10,14,18,21-22,25,27,29-31,33-34,38,44,48,51,58-59,64,66-69H,4-5,9,11-12,16-17,19-20,23-24,26,28,32,35-37,63H2/t38-,44+,48+,51-,58-,59?,62+/m0/s1. The van der Waals surface area contributed by atoms with E-state index >= 15 is 0 Å². The van der Waals surface area contributed by atoms with Crippen LogP contribution >= 0.6 is 0 Å². The Morgan fingerprint density at radius 2 is 1.74 bits per heavy atom. The van der Waals surface area contributed by atoms with Crippen molar-refractivity contribution in [3.8, 4) is 34.8 Å². The highest BCUT2D eigenvalue weighted by Gasteiger charge is 2.48. The fourth-order valence-electron chi connectivity index (χ4n) is 13.2. The topological polar surface area (TPSA) is 152 Å². The molecule has 7 aliphatic rings. The molecule has 1 aromatic heterocycles. The van der Waals surface area contributed by atoms with E-state index in [0.29, 0.717) is 57.2 Å². The van der Waals surface area contributed by atoms with Crippen LogP contribution in [0.4, 0.5) is 0 Å². The quantitative estimate of drug-likeness (QED) is 0.0897. The van der Waals surface area contributed by atoms with Crippen LogP contribution in [0.2, 0.25) is 0 Å². The summed E-state index contributed by atoms with van der Waals surface area (Å²) in [7, 11) is 0. The predicted octanol–water partition coefficient (Wildman–Crippen LogP) is 9.87. The molecule has 1 saturated heterocycles. The number of fused-ring (bicyclic) bond motifs is 6. The molecule has 6 aromatic rings. The molecule has 5 aromatic carbocycles. The summed E-state index contributed by atoms with van der Waals surface area (Å²) in [6, 6.07) is 30.5. The molecule has 10 heteroatoms. The zero-order valence-corrected chi connectivity index (χ0v) is 40.9. The summed E-state index contributed by atoms with van der Waals surface area (Å²) in [6.45, 7) is 1.95. The van der Waals surface area contributed by atoms with Crippen molar-refractivity contribution in [3.05, 3.63) is 171 Å². The maximum atomic E-state index is 12.1. The highest BCUT2D eigenvalue weighted by molar-refractivity contribution is 5.88. The van der Waals surface area contributed by atoms with Gasteiger partial charge in [0.1, 0.15) is 23.9 Å². The Hall–Kier alpha value is -6.48. The van der Waals surface area contributed by atoms with Gasteiger partial charge in [-0.1, -0.05) is 72.5 Å². The number of dihydropyridines is 1. The van der Waals surface area contributed by atoms with Crippen LogP contribution in [0, 0.1) is 29.6 Å². The van der Waals surface area contributed by atoms with E-state index in [4.69, 9.17) is 19.9 Å². The average molecular weight is 964 g/mol. The van der Waals surface area contributed by atoms with Crippen molar-refractivity contribution in [2.24, 2.45) is 23.5 Å². The number of aliphatic hydroxyl groups excluding tert-OH is 1. The van der Waals surface area contributed by atoms with Gasteiger partial charge in [0.2, 0.25) is 0 Å². The van der Waals surface area contributed by atoms with Gasteiger partial charge in [0.05, 0.1) is 31.6 Å². The number of nitrogens with one attached hydrogen (secondary N) is 1. The van der Waals surface area contributed by atoms with Gasteiger partial charge in [0.15, 0.2) is 11.5 Å². The van der Waals surface area contributed by atoms with Crippen LogP contribution in [0.15, 0.2) is 121 Å². The third-order valence-corrected chi connectivity index (χ3v) is 17.0. The number of nitrogens with two attached hydrogens (primary N) is 1. The first-order valence-electron chi connectivity index (χ1n) is 26.3. The summed E-state index contributed by atoms with van der Waals surface area (Å²) in [5.74, 6) is 9.75. The summed E-state index contributed by atoms with van der Waals surface area (Å²) in [5.41, 5.74) is 18.5. The molecule has 370 valence electrons. The predicted molar refractivity (Wildman–Crippen MR) is 280 cm³/mol. The van der Waals surface area contributed by atoms with Gasteiger partial charge < -0.3 is 50.3 Å². The van der Waals surface area contributed by atoms with Gasteiger partial charge in [-0.25, -0.2) is 0 Å². The number of hydrogen-bond donors (Lipinski definition) is 6. The molecule has 2 aliphatic carbocycles. The van der Waals surface area contributed by atoms with Crippen LogP contribution in [-0.4, -0.2) is 63.2 Å². The molecule has 5 aliphatic heterocycles. The summed E-state index contributed by atoms with van der Waals surface area (Å²) in [4.78, 5) is 0. The molecule has 6 heterocycles. The van der Waals surface area contributed by atoms with E-state index in [0.717, 1.165) is 119 Å². The SMILES string of the molecule is NC1C=C2C#C[C@H](CCc3ccc(O)c(Cc4cccc(O)c4)c3)CCC[C@H]3C[C@H](O)[C@@H]4CCc5c(ccc(O)c5OCc5cc([C@@]67CCOC[C@H]6CCc6ccccc67)cc6cn(cc56)C(=C2CO3)N1)C4. The van der Waals surface area contributed by atoms with E-state index in [2.05, 4.69) is 76.6 Å². The van der Waals surface area contributed by atoms with Crippen LogP contribution in [0.5, 0.6) is 23.0 Å². The Balaban J connectivity index is 0.957. The van der Waals surface area contributed by atoms with Crippen molar-refractivity contribution in [2.75, 3.05) is 19.8 Å². The van der Waals surface area contributed by atoms with Crippen molar-refractivity contribution in [1.82, 2.24) is 9.88 Å². The van der Waals surface area contributed by atoms with E-state index in [1.807, 2.05) is 30.3 Å². The number of benzene rings is 5. The Bertz CT molecular complexity index is 3180. The van der Waals surface area contributed by atoms with Crippen LogP contribution in [0.1, 0.15) is 101 Å². The maximum absolute atomic E-state index is 12.1. The monoisotopic (exact) mass is 963 g/mol. The Labute approximate surface area is 422 Å². The first kappa shape index (κ1) is 46.6. The van der Waals surface area contributed by atoms with E-state index in [9.17, 15) is 20.4 Å². The van der Waals surface area contributed by atoms with Gasteiger partial charge in [-0.15, -0.1) is 0 Å². The van der Waals surface area contributed by atoms with Crippen LogP contribution in [-0.2, 0) is 53.6 Å². The summed E-state index contributed by atoms with van der Waals surface area (Å²) < 4.78 is 22.3. The smallest absolute Gasteiger partial charge is 0.164 e. The van der Waals surface area contributed by atoms with Crippen LogP contribution < -0.4 is 15.8 Å². The van der Waals surface area contributed by atoms with Gasteiger partial charge in [0, 0.05) is 64.2 Å². The molecule has 1 fully saturated rings. The fourth-order valence-corrected chi connectivity index (χ4v) is 13.2. The van der Waals surface area contributed by atoms with E-state index < -0.39 is 12.3 Å². The molecular formula is C62H65N3O7. The lowest BCUT2D eigenvalue weighted by atomic mass is 9.57. The van der Waals surface area contributed by atoms with Crippen LogP contribution in [0.3, 0.4) is 0 Å². The minimum atomic E-state index is -0.580. The van der Waals surface area contributed by atoms with Crippen molar-refractivity contribution in [2.45, 2.75) is 114 Å². The average Bonchev–Trinajstić information content (AvgIpc) is 3.82. The zero-order chi connectivity index (χ0) is 48.9. The lowest BCUT2D eigenvalue weighted by molar-refractivity contribution is -0.00226. The normalized spacial score (nSPS) is 25.9. The lowest BCUT2D eigenvalue weighted by Crippen LogP contribution is -2.47. The molecular weight excluding hydrogens is 899 g/mol. The van der Waals surface area contributed by atoms with Crippen molar-refractivity contribution < 1.29 is 34.6 Å². The molecule has 0 radical (unpaired) electrons. The number of nitrogens with zero attached hydrogens (tertiary/aromatic N) is 1. The van der Waals surface area contributed by atoms with E-state index in [-0.39, 0.29) is 47.2 Å². The number of aromatic nitrogens is 1. The van der Waals surface area contributed by atoms with Gasteiger partial charge >= 0.3 is 0 Å². The Kier molecular flexibility index (Phi) is 12.6. The fraction of sp³-hybridized carbons (Fsp3) is 0.387. The number of aryl methyl sites for hydroxylation is 2. The Morgan fingerprint density at radius 1 is 0.833 bits per heavy atom. The molecule has 0 saturated carbocycles. The number of aromatic hydroxyl groups is 3. The largest absolute Gasteiger partial charge is 0.508 e. The number of phenols is 3. The molecule has 13 rings (SSSR count). The third kappa shape index (κ3) is 8.95. The van der Waals surface area contributed by atoms with E-state index in [1.165, 1.54) is 16.7 Å². The number of ether oxygens (including phenoxy) is 3. The van der Waals surface area contributed by atoms with Gasteiger partial charge in [0.25, 0.3) is 0 Å². The van der Waals surface area contributed by atoms with Crippen LogP contribution in [0.25, 0.3) is 16.6 Å². The highest BCUT2D eigenvalue weighted by atomic mass is 16.5. The molecule has 72 heavy (non-hydrogen) atoms. The van der Waals surface area contributed by atoms with Crippen molar-refractivity contribution in [1.29, 1.82) is 0 Å². The first-order valence-corrected chi connectivity index (χ1v) is 26.3. The number of rotatable bonds is 6. The zero-order valence-electron chi connectivity index (χ0n) is 40.9. The molecule has 7 atom stereocenters. The minimum Gasteiger partial charge on any atom is -0.508 e. The number of phenolic OH excluding ortho intramolecular Hbond substituents is 3. The highest BCUT2D eigenvalue weighted by Crippen LogP contribution is 2.52. The second-order valence-electron chi connectivity index (χ2n) is 21.4. The number of aliphatic hydroxyl groups is 1. The lowest BCUT2D eigenvalue weighted by Gasteiger charge is -2.49. The first-order chi connectivity index (χ1) is 35.1. The van der Waals surface area contributed by atoms with Gasteiger partial charge in [-0.2, -0.15) is 0 Å². The minimum absolute atomic E-state index is 0.0339. The molecule has 10 nitrogen and oxygen atoms in total. The van der Waals surface area contributed by atoms with Gasteiger partial charge in [-0.3, -0.25) is 0 Å². The summed E-state index contributed by atoms with van der Waals surface area (Å²) in [5, 5.41) is 50.3. The third-order valence-electron chi connectivity index (χ3n) is 17.0. The molecule has 8 bridgehead atoms. The van der Waals surface area contributed by atoms with Crippen molar-refractivity contribution >= 4 is 16.6 Å². The molecule has 0 amide bonds. The summed E-state index contributed by atoms with van der Waals surface area (Å²) >= 11 is 0. The van der Waals surface area contributed by atoms with Crippen molar-refractivity contribution in [3.63, 3.8) is 0 Å². The second kappa shape index (κ2) is 19.5. The second-order valence-corrected chi connectivity index (χ2v) is 21.4. The Morgan fingerprint density at radius 3 is 2.65 bits per heavy atom. The van der Waals surface area contributed by atoms with Gasteiger partial charge in [-0.05, 0) is 170 Å². The molecule has 0 spiro atoms. The summed E-state index contributed by atoms with van der Waals surface area (Å²) in [6.07, 6.45) is 15.4. The number of hydrogen-bond acceptors (Lipinski definition) is 9.